The molecule has 1 saturated carbocycles. The Balaban J connectivity index is 1.85. The van der Waals surface area contributed by atoms with Crippen LogP contribution in [-0.2, 0) is 11.2 Å². The summed E-state index contributed by atoms with van der Waals surface area (Å²) in [6.07, 6.45) is 9.28. The molecule has 0 saturated heterocycles. The molecule has 1 aliphatic carbocycles. The second-order valence-corrected chi connectivity index (χ2v) is 7.60. The van der Waals surface area contributed by atoms with Gasteiger partial charge in [-0.25, -0.2) is 4.98 Å². The number of anilines is 2. The maximum absolute atomic E-state index is 11.7. The van der Waals surface area contributed by atoms with Gasteiger partial charge in [0.15, 0.2) is 5.65 Å². The number of carbonyl (C=O) groups excluding carboxylic acids is 1. The first-order valence-electron chi connectivity index (χ1n) is 10.3. The molecule has 0 bridgehead atoms. The van der Waals surface area contributed by atoms with Crippen molar-refractivity contribution in [3.05, 3.63) is 30.5 Å². The van der Waals surface area contributed by atoms with Crippen LogP contribution in [0, 0.1) is 0 Å². The number of aryl methyl sites for hydroxylation is 1. The van der Waals surface area contributed by atoms with E-state index in [9.17, 15) is 4.79 Å². The molecule has 0 aliphatic heterocycles. The summed E-state index contributed by atoms with van der Waals surface area (Å²) in [7, 11) is 2.08. The third kappa shape index (κ3) is 4.46. The summed E-state index contributed by atoms with van der Waals surface area (Å²) in [5, 5.41) is 11.3. The Labute approximate surface area is 167 Å². The summed E-state index contributed by atoms with van der Waals surface area (Å²) >= 11 is 0. The molecule has 3 rings (SSSR count). The number of fused-ring (bicyclic) bond motifs is 1. The summed E-state index contributed by atoms with van der Waals surface area (Å²) in [6.45, 7) is 8.80. The highest BCUT2D eigenvalue weighted by Gasteiger charge is 2.24. The van der Waals surface area contributed by atoms with Crippen LogP contribution in [0.3, 0.4) is 0 Å². The summed E-state index contributed by atoms with van der Waals surface area (Å²) in [5.74, 6) is 1.82. The minimum atomic E-state index is -0.0971. The third-order valence-electron chi connectivity index (χ3n) is 5.42. The second kappa shape index (κ2) is 9.08. The van der Waals surface area contributed by atoms with Gasteiger partial charge in [-0.05, 0) is 44.6 Å². The fourth-order valence-electron chi connectivity index (χ4n) is 3.91. The molecule has 7 nitrogen and oxygen atoms in total. The van der Waals surface area contributed by atoms with E-state index in [1.807, 2.05) is 10.7 Å². The van der Waals surface area contributed by atoms with Crippen molar-refractivity contribution < 1.29 is 4.79 Å². The van der Waals surface area contributed by atoms with Crippen molar-refractivity contribution in [1.82, 2.24) is 19.9 Å². The molecule has 2 heterocycles. The van der Waals surface area contributed by atoms with E-state index in [1.165, 1.54) is 6.08 Å². The average Bonchev–Trinajstić information content (AvgIpc) is 3.11. The number of aromatic nitrogens is 3. The van der Waals surface area contributed by atoms with Crippen LogP contribution in [0.25, 0.3) is 5.65 Å². The molecule has 7 heteroatoms. The van der Waals surface area contributed by atoms with Gasteiger partial charge in [0.05, 0.1) is 6.20 Å². The van der Waals surface area contributed by atoms with E-state index in [0.717, 1.165) is 67.9 Å². The molecule has 28 heavy (non-hydrogen) atoms. The Morgan fingerprint density at radius 1 is 1.39 bits per heavy atom. The third-order valence-corrected chi connectivity index (χ3v) is 5.42. The minimum Gasteiger partial charge on any atom is -0.367 e. The van der Waals surface area contributed by atoms with Gasteiger partial charge in [-0.3, -0.25) is 4.79 Å². The lowest BCUT2D eigenvalue weighted by Gasteiger charge is -2.31. The lowest BCUT2D eigenvalue weighted by atomic mass is 9.91. The quantitative estimate of drug-likeness (QED) is 0.684. The predicted octanol–water partition coefficient (Wildman–Crippen LogP) is 3.16. The standard InChI is InChI=1S/C21H32N6O/c1-5-11-26(4)18-13-19(27-21(25-18)15(6-2)14-22-27)23-16-9-8-10-17(12-16)24-20(28)7-3/h7,13-14,16-17,23H,3,5-6,8-12H2,1-2,4H3,(H,24,28). The summed E-state index contributed by atoms with van der Waals surface area (Å²) in [6, 6.07) is 2.55. The lowest BCUT2D eigenvalue weighted by Crippen LogP contribution is -2.41. The Bertz CT molecular complexity index is 830. The van der Waals surface area contributed by atoms with Gasteiger partial charge in [0.25, 0.3) is 0 Å². The van der Waals surface area contributed by atoms with Crippen LogP contribution < -0.4 is 15.5 Å². The van der Waals surface area contributed by atoms with E-state index in [2.05, 4.69) is 54.2 Å². The first-order chi connectivity index (χ1) is 13.5. The van der Waals surface area contributed by atoms with Crippen LogP contribution in [0.4, 0.5) is 11.6 Å². The highest BCUT2D eigenvalue weighted by Crippen LogP contribution is 2.26. The fourth-order valence-corrected chi connectivity index (χ4v) is 3.91. The zero-order valence-corrected chi connectivity index (χ0v) is 17.2. The van der Waals surface area contributed by atoms with Gasteiger partial charge in [-0.2, -0.15) is 9.61 Å². The number of carbonyl (C=O) groups is 1. The van der Waals surface area contributed by atoms with Crippen molar-refractivity contribution in [2.45, 2.75) is 64.5 Å². The van der Waals surface area contributed by atoms with Crippen molar-refractivity contribution >= 4 is 23.2 Å². The zero-order valence-electron chi connectivity index (χ0n) is 17.2. The first-order valence-corrected chi connectivity index (χ1v) is 10.3. The number of amides is 1. The molecule has 2 aromatic heterocycles. The molecular formula is C21H32N6O. The predicted molar refractivity (Wildman–Crippen MR) is 114 cm³/mol. The van der Waals surface area contributed by atoms with Crippen LogP contribution in [0.5, 0.6) is 0 Å². The highest BCUT2D eigenvalue weighted by atomic mass is 16.1. The van der Waals surface area contributed by atoms with E-state index >= 15 is 0 Å². The Morgan fingerprint density at radius 2 is 2.18 bits per heavy atom. The summed E-state index contributed by atoms with van der Waals surface area (Å²) in [4.78, 5) is 18.7. The van der Waals surface area contributed by atoms with Crippen LogP contribution >= 0.6 is 0 Å². The molecule has 1 aliphatic rings. The van der Waals surface area contributed by atoms with Crippen LogP contribution in [0.2, 0.25) is 0 Å². The first kappa shape index (κ1) is 20.2. The summed E-state index contributed by atoms with van der Waals surface area (Å²) < 4.78 is 1.91. The monoisotopic (exact) mass is 384 g/mol. The van der Waals surface area contributed by atoms with Crippen molar-refractivity contribution in [3.63, 3.8) is 0 Å². The Kier molecular flexibility index (Phi) is 6.54. The van der Waals surface area contributed by atoms with Crippen LogP contribution in [0.15, 0.2) is 24.9 Å². The number of nitrogens with one attached hydrogen (secondary N) is 2. The topological polar surface area (TPSA) is 74.6 Å². The lowest BCUT2D eigenvalue weighted by molar-refractivity contribution is -0.117. The molecule has 1 fully saturated rings. The number of hydrogen-bond donors (Lipinski definition) is 2. The molecule has 0 aromatic carbocycles. The molecule has 2 N–H and O–H groups in total. The molecule has 0 radical (unpaired) electrons. The van der Waals surface area contributed by atoms with E-state index in [-0.39, 0.29) is 18.0 Å². The molecule has 2 aromatic rings. The molecular weight excluding hydrogens is 352 g/mol. The molecule has 1 amide bonds. The molecule has 2 atom stereocenters. The molecule has 2 unspecified atom stereocenters. The maximum atomic E-state index is 11.7. The number of nitrogens with zero attached hydrogens (tertiary/aromatic N) is 4. The van der Waals surface area contributed by atoms with E-state index in [0.29, 0.717) is 0 Å². The van der Waals surface area contributed by atoms with Crippen LogP contribution in [-0.4, -0.2) is 46.2 Å². The zero-order chi connectivity index (χ0) is 20.1. The van der Waals surface area contributed by atoms with Gasteiger partial charge in [-0.15, -0.1) is 0 Å². The minimum absolute atomic E-state index is 0.0971. The Hall–Kier alpha value is -2.57. The SMILES string of the molecule is C=CC(=O)NC1CCCC(Nc2cc(N(C)CCC)nc3c(CC)cnn23)C1. The van der Waals surface area contributed by atoms with E-state index in [4.69, 9.17) is 4.98 Å². The van der Waals surface area contributed by atoms with Gasteiger partial charge in [0, 0.05) is 37.3 Å². The largest absolute Gasteiger partial charge is 0.367 e. The molecule has 152 valence electrons. The number of rotatable bonds is 8. The fraction of sp³-hybridized carbons (Fsp3) is 0.571. The van der Waals surface area contributed by atoms with Gasteiger partial charge < -0.3 is 15.5 Å². The van der Waals surface area contributed by atoms with Gasteiger partial charge in [-0.1, -0.05) is 20.4 Å². The summed E-state index contributed by atoms with van der Waals surface area (Å²) in [5.41, 5.74) is 2.06. The van der Waals surface area contributed by atoms with E-state index in [1.54, 1.807) is 0 Å². The average molecular weight is 385 g/mol. The van der Waals surface area contributed by atoms with Crippen molar-refractivity contribution in [3.8, 4) is 0 Å². The van der Waals surface area contributed by atoms with E-state index < -0.39 is 0 Å². The molecule has 0 spiro atoms. The van der Waals surface area contributed by atoms with Crippen molar-refractivity contribution in [2.24, 2.45) is 0 Å². The van der Waals surface area contributed by atoms with Gasteiger partial charge in [0.2, 0.25) is 5.91 Å². The van der Waals surface area contributed by atoms with Gasteiger partial charge in [0.1, 0.15) is 11.6 Å². The smallest absolute Gasteiger partial charge is 0.243 e. The van der Waals surface area contributed by atoms with Crippen molar-refractivity contribution in [1.29, 1.82) is 0 Å². The van der Waals surface area contributed by atoms with Crippen molar-refractivity contribution in [2.75, 3.05) is 23.8 Å². The normalized spacial score (nSPS) is 19.4. The highest BCUT2D eigenvalue weighted by molar-refractivity contribution is 5.87. The Morgan fingerprint density at radius 3 is 2.89 bits per heavy atom. The van der Waals surface area contributed by atoms with Crippen LogP contribution in [0.1, 0.15) is 51.5 Å². The van der Waals surface area contributed by atoms with Gasteiger partial charge >= 0.3 is 0 Å². The maximum Gasteiger partial charge on any atom is 0.243 e. The second-order valence-electron chi connectivity index (χ2n) is 7.60. The number of hydrogen-bond acceptors (Lipinski definition) is 5.